The molecule has 6 nitrogen and oxygen atoms in total. The van der Waals surface area contributed by atoms with Gasteiger partial charge in [0.15, 0.2) is 0 Å². The summed E-state index contributed by atoms with van der Waals surface area (Å²) >= 11 is 0. The Morgan fingerprint density at radius 2 is 2.13 bits per heavy atom. The van der Waals surface area contributed by atoms with Crippen molar-refractivity contribution in [2.45, 2.75) is 26.3 Å². The van der Waals surface area contributed by atoms with E-state index in [4.69, 9.17) is 4.74 Å². The van der Waals surface area contributed by atoms with Gasteiger partial charge in [-0.1, -0.05) is 0 Å². The third-order valence-corrected chi connectivity index (χ3v) is 4.65. The van der Waals surface area contributed by atoms with Crippen LogP contribution < -0.4 is 4.90 Å². The topological polar surface area (TPSA) is 60.2 Å². The lowest BCUT2D eigenvalue weighted by Crippen LogP contribution is -2.48. The molecule has 1 spiro atoms. The van der Waals surface area contributed by atoms with Crippen LogP contribution in [0.4, 0.5) is 5.69 Å². The molecule has 2 aromatic heterocycles. The highest BCUT2D eigenvalue weighted by atomic mass is 16.5. The van der Waals surface area contributed by atoms with Crippen LogP contribution in [-0.4, -0.2) is 40.4 Å². The number of rotatable bonds is 5. The summed E-state index contributed by atoms with van der Waals surface area (Å²) in [7, 11) is 0. The number of carbonyl (C=O) groups is 1. The van der Waals surface area contributed by atoms with Crippen LogP contribution in [0.5, 0.6) is 0 Å². The van der Waals surface area contributed by atoms with Crippen molar-refractivity contribution in [2.75, 3.05) is 24.6 Å². The molecule has 2 aromatic rings. The van der Waals surface area contributed by atoms with Crippen molar-refractivity contribution >= 4 is 11.7 Å². The van der Waals surface area contributed by atoms with Gasteiger partial charge in [-0.15, -0.1) is 0 Å². The summed E-state index contributed by atoms with van der Waals surface area (Å²) in [5.41, 5.74) is 3.24. The second-order valence-electron chi connectivity index (χ2n) is 6.51. The fourth-order valence-electron chi connectivity index (χ4n) is 3.07. The fourth-order valence-corrected chi connectivity index (χ4v) is 3.07. The van der Waals surface area contributed by atoms with E-state index < -0.39 is 0 Å². The molecule has 3 heterocycles. The minimum atomic E-state index is -0.339. The standard InChI is InChI=1S/C17H20N4O2/c1-2-23-16(22)13-7-19-21(9-13)10-14-3-4-15(8-18-14)20-11-17(12-20)5-6-17/h3-4,7-9H,2,5-6,10-12H2,1H3. The maximum absolute atomic E-state index is 11.6. The van der Waals surface area contributed by atoms with Gasteiger partial charge in [-0.3, -0.25) is 9.67 Å². The Bertz CT molecular complexity index is 710. The van der Waals surface area contributed by atoms with E-state index in [0.717, 1.165) is 5.69 Å². The molecule has 2 fully saturated rings. The maximum atomic E-state index is 11.6. The smallest absolute Gasteiger partial charge is 0.341 e. The minimum Gasteiger partial charge on any atom is -0.462 e. The third kappa shape index (κ3) is 2.81. The Morgan fingerprint density at radius 3 is 2.78 bits per heavy atom. The zero-order valence-corrected chi connectivity index (χ0v) is 13.2. The summed E-state index contributed by atoms with van der Waals surface area (Å²) in [5, 5.41) is 4.19. The Morgan fingerprint density at radius 1 is 1.30 bits per heavy atom. The molecule has 0 aromatic carbocycles. The maximum Gasteiger partial charge on any atom is 0.341 e. The third-order valence-electron chi connectivity index (χ3n) is 4.65. The van der Waals surface area contributed by atoms with Gasteiger partial charge < -0.3 is 9.64 Å². The van der Waals surface area contributed by atoms with Crippen LogP contribution in [0.1, 0.15) is 35.8 Å². The van der Waals surface area contributed by atoms with Crippen molar-refractivity contribution in [3.05, 3.63) is 42.0 Å². The molecule has 0 atom stereocenters. The van der Waals surface area contributed by atoms with E-state index in [1.807, 2.05) is 12.3 Å². The van der Waals surface area contributed by atoms with E-state index in [1.165, 1.54) is 37.8 Å². The van der Waals surface area contributed by atoms with Crippen molar-refractivity contribution in [1.82, 2.24) is 14.8 Å². The molecule has 23 heavy (non-hydrogen) atoms. The number of anilines is 1. The average Bonchev–Trinajstić information content (AvgIpc) is 3.19. The van der Waals surface area contributed by atoms with Gasteiger partial charge in [-0.05, 0) is 31.9 Å². The summed E-state index contributed by atoms with van der Waals surface area (Å²) < 4.78 is 6.67. The zero-order valence-electron chi connectivity index (χ0n) is 13.2. The van der Waals surface area contributed by atoms with Crippen LogP contribution in [0, 0.1) is 5.41 Å². The summed E-state index contributed by atoms with van der Waals surface area (Å²) in [6.07, 6.45) is 7.93. The molecule has 0 N–H and O–H groups in total. The van der Waals surface area contributed by atoms with Crippen molar-refractivity contribution < 1.29 is 9.53 Å². The van der Waals surface area contributed by atoms with E-state index in [1.54, 1.807) is 17.8 Å². The Kier molecular flexibility index (Phi) is 3.32. The van der Waals surface area contributed by atoms with Gasteiger partial charge in [0.1, 0.15) is 0 Å². The summed E-state index contributed by atoms with van der Waals surface area (Å²) in [6.45, 7) is 5.05. The molecule has 1 aliphatic carbocycles. The van der Waals surface area contributed by atoms with E-state index >= 15 is 0 Å². The lowest BCUT2D eigenvalue weighted by Gasteiger charge is -2.41. The van der Waals surface area contributed by atoms with Crippen LogP contribution in [0.15, 0.2) is 30.7 Å². The molecule has 0 unspecified atom stereocenters. The van der Waals surface area contributed by atoms with Gasteiger partial charge in [0.25, 0.3) is 0 Å². The van der Waals surface area contributed by atoms with E-state index in [0.29, 0.717) is 24.1 Å². The first-order valence-corrected chi connectivity index (χ1v) is 8.07. The Hall–Kier alpha value is -2.37. The number of esters is 1. The zero-order chi connectivity index (χ0) is 15.9. The molecule has 0 radical (unpaired) electrons. The molecular weight excluding hydrogens is 292 g/mol. The molecule has 1 aliphatic heterocycles. The van der Waals surface area contributed by atoms with Gasteiger partial charge in [0, 0.05) is 24.7 Å². The number of ether oxygens (including phenoxy) is 1. The van der Waals surface area contributed by atoms with Crippen molar-refractivity contribution in [1.29, 1.82) is 0 Å². The Balaban J connectivity index is 1.38. The first-order valence-electron chi connectivity index (χ1n) is 8.07. The highest BCUT2D eigenvalue weighted by Crippen LogP contribution is 2.53. The molecule has 1 saturated heterocycles. The molecule has 0 amide bonds. The Labute approximate surface area is 135 Å². The molecule has 4 rings (SSSR count). The molecule has 6 heteroatoms. The first-order chi connectivity index (χ1) is 11.2. The normalized spacial score (nSPS) is 17.9. The van der Waals surface area contributed by atoms with Crippen LogP contribution in [0.25, 0.3) is 0 Å². The summed E-state index contributed by atoms with van der Waals surface area (Å²) in [5.74, 6) is -0.339. The average molecular weight is 312 g/mol. The summed E-state index contributed by atoms with van der Waals surface area (Å²) in [4.78, 5) is 18.5. The van der Waals surface area contributed by atoms with E-state index in [9.17, 15) is 4.79 Å². The molecule has 0 bridgehead atoms. The van der Waals surface area contributed by atoms with Gasteiger partial charge in [-0.25, -0.2) is 4.79 Å². The second-order valence-corrected chi connectivity index (χ2v) is 6.51. The number of carbonyl (C=O) groups excluding carboxylic acids is 1. The molecule has 1 saturated carbocycles. The lowest BCUT2D eigenvalue weighted by atomic mass is 9.96. The molecular formula is C17H20N4O2. The predicted molar refractivity (Wildman–Crippen MR) is 85.4 cm³/mol. The number of nitrogens with zero attached hydrogens (tertiary/aromatic N) is 4. The van der Waals surface area contributed by atoms with Crippen LogP contribution in [0.3, 0.4) is 0 Å². The lowest BCUT2D eigenvalue weighted by molar-refractivity contribution is 0.0526. The molecule has 120 valence electrons. The second kappa shape index (κ2) is 5.37. The van der Waals surface area contributed by atoms with E-state index in [2.05, 4.69) is 21.0 Å². The van der Waals surface area contributed by atoms with Crippen LogP contribution in [0.2, 0.25) is 0 Å². The largest absolute Gasteiger partial charge is 0.462 e. The van der Waals surface area contributed by atoms with Gasteiger partial charge in [0.05, 0.1) is 42.5 Å². The molecule has 2 aliphatic rings. The number of pyridine rings is 1. The van der Waals surface area contributed by atoms with Crippen LogP contribution in [-0.2, 0) is 11.3 Å². The van der Waals surface area contributed by atoms with Gasteiger partial charge in [-0.2, -0.15) is 5.10 Å². The highest BCUT2D eigenvalue weighted by Gasteiger charge is 2.52. The van der Waals surface area contributed by atoms with Crippen LogP contribution >= 0.6 is 0 Å². The quantitative estimate of drug-likeness (QED) is 0.791. The monoisotopic (exact) mass is 312 g/mol. The number of aromatic nitrogens is 3. The van der Waals surface area contributed by atoms with Crippen molar-refractivity contribution in [2.24, 2.45) is 5.41 Å². The SMILES string of the molecule is CCOC(=O)c1cnn(Cc2ccc(N3CC4(CC4)C3)cn2)c1. The fraction of sp³-hybridized carbons (Fsp3) is 0.471. The van der Waals surface area contributed by atoms with Gasteiger partial charge in [0.2, 0.25) is 0 Å². The van der Waals surface area contributed by atoms with Crippen molar-refractivity contribution in [3.63, 3.8) is 0 Å². The number of hydrogen-bond acceptors (Lipinski definition) is 5. The number of hydrogen-bond donors (Lipinski definition) is 0. The van der Waals surface area contributed by atoms with Gasteiger partial charge >= 0.3 is 5.97 Å². The first kappa shape index (κ1) is 14.2. The predicted octanol–water partition coefficient (Wildman–Crippen LogP) is 2.10. The summed E-state index contributed by atoms with van der Waals surface area (Å²) in [6, 6.07) is 4.15. The van der Waals surface area contributed by atoms with Crippen molar-refractivity contribution in [3.8, 4) is 0 Å². The van der Waals surface area contributed by atoms with E-state index in [-0.39, 0.29) is 5.97 Å². The highest BCUT2D eigenvalue weighted by molar-refractivity contribution is 5.88. The minimum absolute atomic E-state index is 0.339.